The molecule has 4 aromatic heterocycles. The number of aliphatic carboxylic acids is 2. The van der Waals surface area contributed by atoms with Gasteiger partial charge in [-0.15, -0.1) is 22.7 Å². The zero-order valence-corrected chi connectivity index (χ0v) is 38.2. The fraction of sp³-hybridized carbons (Fsp3) is 0.132. The van der Waals surface area contributed by atoms with Crippen LogP contribution in [0.1, 0.15) is 57.2 Å². The SMILES string of the molecule is Cc1c(/C=C/c2ccc(-c3ccc(N(c4ccc(OC(C)C)cc4)c4ccc(-c5ccc(/C=C/c6cn(C)c(/C=C(\C#N)C(=O)O)c6C)s5)cc4)cc3)s2)cn(C)c1/C=C(\C#N)C(=O)O. The van der Waals surface area contributed by atoms with Crippen molar-refractivity contribution in [2.24, 2.45) is 14.1 Å². The Morgan fingerprint density at radius 2 is 1.00 bits per heavy atom. The van der Waals surface area contributed by atoms with Gasteiger partial charge in [-0.1, -0.05) is 36.4 Å². The summed E-state index contributed by atoms with van der Waals surface area (Å²) in [7, 11) is 3.67. The highest BCUT2D eigenvalue weighted by molar-refractivity contribution is 7.16. The van der Waals surface area contributed by atoms with E-state index in [2.05, 4.69) is 89.8 Å². The van der Waals surface area contributed by atoms with Gasteiger partial charge in [0.05, 0.1) is 6.10 Å². The number of rotatable bonds is 15. The number of benzene rings is 3. The van der Waals surface area contributed by atoms with Crippen molar-refractivity contribution < 1.29 is 24.5 Å². The lowest BCUT2D eigenvalue weighted by atomic mass is 10.1. The number of anilines is 3. The average molecular weight is 896 g/mol. The molecule has 0 aliphatic carbocycles. The zero-order chi connectivity index (χ0) is 46.4. The predicted octanol–water partition coefficient (Wildman–Crippen LogP) is 13.0. The van der Waals surface area contributed by atoms with Crippen LogP contribution in [0.25, 0.3) is 57.3 Å². The topological polar surface area (TPSA) is 145 Å². The van der Waals surface area contributed by atoms with Gasteiger partial charge < -0.3 is 29.0 Å². The van der Waals surface area contributed by atoms with Crippen molar-refractivity contribution in [2.45, 2.75) is 33.8 Å². The minimum atomic E-state index is -1.25. The Morgan fingerprint density at radius 1 is 0.615 bits per heavy atom. The number of hydrogen-bond donors (Lipinski definition) is 2. The molecule has 0 saturated heterocycles. The van der Waals surface area contributed by atoms with Crippen molar-refractivity contribution >= 4 is 88.1 Å². The summed E-state index contributed by atoms with van der Waals surface area (Å²) in [5.41, 5.74) is 9.51. The van der Waals surface area contributed by atoms with Gasteiger partial charge in [0.1, 0.15) is 29.0 Å². The third kappa shape index (κ3) is 10.3. The van der Waals surface area contributed by atoms with Crippen molar-refractivity contribution in [1.29, 1.82) is 10.5 Å². The van der Waals surface area contributed by atoms with E-state index in [4.69, 9.17) is 4.74 Å². The number of ether oxygens (including phenoxy) is 1. The van der Waals surface area contributed by atoms with E-state index in [1.165, 1.54) is 12.2 Å². The Morgan fingerprint density at radius 3 is 1.35 bits per heavy atom. The molecule has 0 radical (unpaired) electrons. The number of carboxylic acid groups (broad SMARTS) is 2. The molecule has 7 rings (SSSR count). The van der Waals surface area contributed by atoms with E-state index in [9.17, 15) is 30.3 Å². The van der Waals surface area contributed by atoms with Gasteiger partial charge in [-0.05, 0) is 158 Å². The first-order valence-corrected chi connectivity index (χ1v) is 22.2. The molecular weight excluding hydrogens is 851 g/mol. The standard InChI is InChI=1S/C53H45N5O5S2/c1-33(2)63-45-19-17-44(18-20-45)58(42-13-7-36(8-14-42)50-25-23-46(64-50)21-11-38-31-56(5)48(34(38)3)27-40(29-54)52(59)60)43-15-9-37(10-16-43)51-26-24-47(65-51)22-12-39-32-57(6)49(35(39)4)28-41(30-55)53(61)62/h7-28,31-33H,1-6H3,(H,59,60)(H,61,62)/b21-11+,22-12+,40-27+,41-28+. The summed E-state index contributed by atoms with van der Waals surface area (Å²) in [5, 5.41) is 37.2. The van der Waals surface area contributed by atoms with Crippen molar-refractivity contribution in [3.8, 4) is 38.8 Å². The monoisotopic (exact) mass is 895 g/mol. The van der Waals surface area contributed by atoms with Crippen molar-refractivity contribution in [3.05, 3.63) is 164 Å². The van der Waals surface area contributed by atoms with Gasteiger partial charge in [0.15, 0.2) is 0 Å². The van der Waals surface area contributed by atoms with E-state index < -0.39 is 11.9 Å². The molecule has 0 fully saturated rings. The number of aromatic nitrogens is 2. The predicted molar refractivity (Wildman–Crippen MR) is 264 cm³/mol. The lowest BCUT2D eigenvalue weighted by molar-refractivity contribution is -0.133. The molecule has 0 atom stereocenters. The highest BCUT2D eigenvalue weighted by atomic mass is 32.1. The van der Waals surface area contributed by atoms with Crippen LogP contribution in [-0.2, 0) is 23.7 Å². The Bertz CT molecular complexity index is 2920. The first kappa shape index (κ1) is 45.1. The molecule has 4 heterocycles. The van der Waals surface area contributed by atoms with Crippen LogP contribution in [0.5, 0.6) is 5.75 Å². The van der Waals surface area contributed by atoms with Crippen LogP contribution in [-0.4, -0.2) is 37.4 Å². The van der Waals surface area contributed by atoms with E-state index in [-0.39, 0.29) is 17.3 Å². The fourth-order valence-corrected chi connectivity index (χ4v) is 9.20. The first-order valence-electron chi connectivity index (χ1n) is 20.6. The summed E-state index contributed by atoms with van der Waals surface area (Å²) < 4.78 is 9.61. The maximum atomic E-state index is 11.4. The van der Waals surface area contributed by atoms with Gasteiger partial charge in [-0.3, -0.25) is 0 Å². The Balaban J connectivity index is 1.11. The minimum Gasteiger partial charge on any atom is -0.491 e. The molecule has 324 valence electrons. The fourth-order valence-electron chi connectivity index (χ4n) is 7.37. The summed E-state index contributed by atoms with van der Waals surface area (Å²) in [6.45, 7) is 7.85. The van der Waals surface area contributed by atoms with Crippen LogP contribution >= 0.6 is 22.7 Å². The molecule has 0 spiro atoms. The molecule has 0 aliphatic rings. The number of carboxylic acids is 2. The summed E-state index contributed by atoms with van der Waals surface area (Å²) >= 11 is 3.35. The quantitative estimate of drug-likeness (QED) is 0.0764. The average Bonchev–Trinajstić information content (AvgIpc) is 4.08. The second-order valence-corrected chi connectivity index (χ2v) is 17.8. The number of hydrogen-bond acceptors (Lipinski definition) is 8. The summed E-state index contributed by atoms with van der Waals surface area (Å²) in [6, 6.07) is 37.1. The third-order valence-electron chi connectivity index (χ3n) is 10.7. The van der Waals surface area contributed by atoms with Crippen LogP contribution in [0.15, 0.2) is 121 Å². The third-order valence-corrected chi connectivity index (χ3v) is 12.9. The van der Waals surface area contributed by atoms with Crippen molar-refractivity contribution in [2.75, 3.05) is 4.90 Å². The molecule has 0 amide bonds. The molecule has 0 aliphatic heterocycles. The van der Waals surface area contributed by atoms with Crippen LogP contribution in [0.4, 0.5) is 17.1 Å². The van der Waals surface area contributed by atoms with E-state index in [0.717, 1.165) is 75.7 Å². The molecule has 2 N–H and O–H groups in total. The molecule has 3 aromatic carbocycles. The zero-order valence-electron chi connectivity index (χ0n) is 36.6. The molecule has 0 unspecified atom stereocenters. The Hall–Kier alpha value is -7.90. The van der Waals surface area contributed by atoms with Gasteiger partial charge in [0.25, 0.3) is 0 Å². The number of thiophene rings is 2. The maximum Gasteiger partial charge on any atom is 0.346 e. The Kier molecular flexibility index (Phi) is 13.6. The van der Waals surface area contributed by atoms with E-state index in [1.807, 2.05) is 99.8 Å². The van der Waals surface area contributed by atoms with Crippen LogP contribution in [0.2, 0.25) is 0 Å². The molecule has 0 saturated carbocycles. The van der Waals surface area contributed by atoms with E-state index >= 15 is 0 Å². The molecule has 0 bridgehead atoms. The van der Waals surface area contributed by atoms with E-state index in [0.29, 0.717) is 11.4 Å². The largest absolute Gasteiger partial charge is 0.491 e. The molecule has 7 aromatic rings. The van der Waals surface area contributed by atoms with Gasteiger partial charge in [0.2, 0.25) is 0 Å². The first-order chi connectivity index (χ1) is 31.2. The highest BCUT2D eigenvalue weighted by Crippen LogP contribution is 2.39. The molecule has 10 nitrogen and oxygen atoms in total. The van der Waals surface area contributed by atoms with E-state index in [1.54, 1.807) is 34.8 Å². The smallest absolute Gasteiger partial charge is 0.346 e. The number of nitrogens with zero attached hydrogens (tertiary/aromatic N) is 5. The van der Waals surface area contributed by atoms with Crippen molar-refractivity contribution in [3.63, 3.8) is 0 Å². The molecule has 12 heteroatoms. The normalized spacial score (nSPS) is 12.0. The molecule has 65 heavy (non-hydrogen) atoms. The Labute approximate surface area is 386 Å². The van der Waals surface area contributed by atoms with Gasteiger partial charge in [-0.2, -0.15) is 10.5 Å². The van der Waals surface area contributed by atoms with Crippen LogP contribution < -0.4 is 9.64 Å². The minimum absolute atomic E-state index is 0.0577. The maximum absolute atomic E-state index is 11.4. The second-order valence-electron chi connectivity index (χ2n) is 15.5. The summed E-state index contributed by atoms with van der Waals surface area (Å²) in [5.74, 6) is -1.70. The summed E-state index contributed by atoms with van der Waals surface area (Å²) in [4.78, 5) is 29.4. The number of carbonyl (C=O) groups is 2. The van der Waals surface area contributed by atoms with Gasteiger partial charge in [-0.25, -0.2) is 9.59 Å². The number of nitriles is 2. The summed E-state index contributed by atoms with van der Waals surface area (Å²) in [6.07, 6.45) is 14.8. The molecular formula is C53H45N5O5S2. The van der Waals surface area contributed by atoms with Gasteiger partial charge >= 0.3 is 11.9 Å². The number of aryl methyl sites for hydroxylation is 2. The van der Waals surface area contributed by atoms with Crippen LogP contribution in [0.3, 0.4) is 0 Å². The second kappa shape index (κ2) is 19.7. The van der Waals surface area contributed by atoms with Crippen molar-refractivity contribution in [1.82, 2.24) is 9.13 Å². The highest BCUT2D eigenvalue weighted by Gasteiger charge is 2.16. The van der Waals surface area contributed by atoms with Crippen LogP contribution in [0, 0.1) is 36.5 Å². The van der Waals surface area contributed by atoms with Gasteiger partial charge in [0, 0.05) is 74.4 Å². The lowest BCUT2D eigenvalue weighted by Crippen LogP contribution is -2.10. The lowest BCUT2D eigenvalue weighted by Gasteiger charge is -2.26.